The van der Waals surface area contributed by atoms with E-state index in [1.807, 2.05) is 6.92 Å². The molecule has 1 amide bonds. The minimum atomic E-state index is -0.988. The summed E-state index contributed by atoms with van der Waals surface area (Å²) >= 11 is 0. The molecule has 1 aromatic carbocycles. The molecule has 1 aliphatic rings. The Kier molecular flexibility index (Phi) is 4.55. The van der Waals surface area contributed by atoms with Crippen LogP contribution in [0.1, 0.15) is 42.2 Å². The molecule has 0 spiro atoms. The van der Waals surface area contributed by atoms with E-state index in [9.17, 15) is 9.59 Å². The predicted molar refractivity (Wildman–Crippen MR) is 74.8 cm³/mol. The van der Waals surface area contributed by atoms with Crippen molar-refractivity contribution in [2.45, 2.75) is 32.4 Å². The first-order valence-corrected chi connectivity index (χ1v) is 5.84. The van der Waals surface area contributed by atoms with Crippen LogP contribution in [0.3, 0.4) is 0 Å². The molecular weight excluding hydrogens is 268 g/mol. The number of anilines is 1. The third-order valence-electron chi connectivity index (χ3n) is 3.31. The van der Waals surface area contributed by atoms with Gasteiger partial charge in [0.15, 0.2) is 0 Å². The van der Waals surface area contributed by atoms with E-state index in [4.69, 9.17) is 10.8 Å². The van der Waals surface area contributed by atoms with Crippen molar-refractivity contribution in [2.24, 2.45) is 5.73 Å². The van der Waals surface area contributed by atoms with Crippen LogP contribution in [0.25, 0.3) is 0 Å². The fourth-order valence-corrected chi connectivity index (χ4v) is 2.52. The van der Waals surface area contributed by atoms with Crippen LogP contribution >= 0.6 is 12.4 Å². The van der Waals surface area contributed by atoms with Gasteiger partial charge >= 0.3 is 5.97 Å². The molecular formula is C13H17ClN2O3. The first-order valence-electron chi connectivity index (χ1n) is 5.84. The molecule has 0 saturated carbocycles. The van der Waals surface area contributed by atoms with Crippen molar-refractivity contribution in [3.63, 3.8) is 0 Å². The SMILES string of the molecule is CC(=O)N1c2ccc(C(=O)O)cc2C(N)CC1C.Cl. The first-order chi connectivity index (χ1) is 8.41. The van der Waals surface area contributed by atoms with Crippen LogP contribution in [0.2, 0.25) is 0 Å². The Bertz CT molecular complexity index is 519. The zero-order chi connectivity index (χ0) is 13.4. The molecule has 0 bridgehead atoms. The zero-order valence-corrected chi connectivity index (χ0v) is 11.6. The van der Waals surface area contributed by atoms with Crippen LogP contribution in [-0.2, 0) is 4.79 Å². The van der Waals surface area contributed by atoms with Gasteiger partial charge < -0.3 is 15.7 Å². The summed E-state index contributed by atoms with van der Waals surface area (Å²) in [7, 11) is 0. The molecule has 0 radical (unpaired) electrons. The molecule has 5 nitrogen and oxygen atoms in total. The molecule has 0 fully saturated rings. The van der Waals surface area contributed by atoms with Crippen LogP contribution in [0.15, 0.2) is 18.2 Å². The average molecular weight is 285 g/mol. The Hall–Kier alpha value is -1.59. The lowest BCUT2D eigenvalue weighted by Crippen LogP contribution is -2.43. The third-order valence-corrected chi connectivity index (χ3v) is 3.31. The number of hydrogen-bond acceptors (Lipinski definition) is 3. The van der Waals surface area contributed by atoms with Gasteiger partial charge in [0.2, 0.25) is 5.91 Å². The molecule has 1 aliphatic heterocycles. The average Bonchev–Trinajstić information content (AvgIpc) is 2.27. The van der Waals surface area contributed by atoms with E-state index in [0.717, 1.165) is 11.3 Å². The van der Waals surface area contributed by atoms with Crippen LogP contribution < -0.4 is 10.6 Å². The highest BCUT2D eigenvalue weighted by molar-refractivity contribution is 5.95. The molecule has 0 aliphatic carbocycles. The second-order valence-corrected chi connectivity index (χ2v) is 4.66. The van der Waals surface area contributed by atoms with Crippen molar-refractivity contribution in [3.8, 4) is 0 Å². The maximum absolute atomic E-state index is 11.7. The van der Waals surface area contributed by atoms with E-state index in [1.165, 1.54) is 13.0 Å². The molecule has 3 N–H and O–H groups in total. The van der Waals surface area contributed by atoms with E-state index in [1.54, 1.807) is 17.0 Å². The molecule has 2 rings (SSSR count). The summed E-state index contributed by atoms with van der Waals surface area (Å²) in [6, 6.07) is 4.52. The molecule has 104 valence electrons. The Balaban J connectivity index is 0.00000180. The number of carboxylic acids is 1. The van der Waals surface area contributed by atoms with Crippen molar-refractivity contribution in [2.75, 3.05) is 4.90 Å². The van der Waals surface area contributed by atoms with Crippen molar-refractivity contribution < 1.29 is 14.7 Å². The highest BCUT2D eigenvalue weighted by Gasteiger charge is 2.30. The zero-order valence-electron chi connectivity index (χ0n) is 10.8. The number of carbonyl (C=O) groups excluding carboxylic acids is 1. The van der Waals surface area contributed by atoms with E-state index >= 15 is 0 Å². The van der Waals surface area contributed by atoms with Gasteiger partial charge in [-0.1, -0.05) is 0 Å². The monoisotopic (exact) mass is 284 g/mol. The Morgan fingerprint density at radius 3 is 2.58 bits per heavy atom. The summed E-state index contributed by atoms with van der Waals surface area (Å²) in [5.41, 5.74) is 7.68. The Morgan fingerprint density at radius 1 is 1.42 bits per heavy atom. The summed E-state index contributed by atoms with van der Waals surface area (Å²) < 4.78 is 0. The first kappa shape index (κ1) is 15.5. The Morgan fingerprint density at radius 2 is 2.05 bits per heavy atom. The number of carbonyl (C=O) groups is 2. The number of rotatable bonds is 1. The van der Waals surface area contributed by atoms with Crippen molar-refractivity contribution in [3.05, 3.63) is 29.3 Å². The third kappa shape index (κ3) is 2.72. The number of aromatic carboxylic acids is 1. The van der Waals surface area contributed by atoms with Gasteiger partial charge in [0.05, 0.1) is 5.56 Å². The number of nitrogens with two attached hydrogens (primary N) is 1. The fraction of sp³-hybridized carbons (Fsp3) is 0.385. The van der Waals surface area contributed by atoms with Gasteiger partial charge in [-0.05, 0) is 37.1 Å². The molecule has 19 heavy (non-hydrogen) atoms. The van der Waals surface area contributed by atoms with Crippen LogP contribution in [0.5, 0.6) is 0 Å². The molecule has 1 aromatic rings. The summed E-state index contributed by atoms with van der Waals surface area (Å²) in [5, 5.41) is 8.98. The van der Waals surface area contributed by atoms with Gasteiger partial charge in [-0.25, -0.2) is 4.79 Å². The number of carboxylic acid groups (broad SMARTS) is 1. The molecule has 1 heterocycles. The van der Waals surface area contributed by atoms with E-state index in [0.29, 0.717) is 6.42 Å². The summed E-state index contributed by atoms with van der Waals surface area (Å²) in [6.07, 6.45) is 0.635. The highest BCUT2D eigenvalue weighted by atomic mass is 35.5. The van der Waals surface area contributed by atoms with Gasteiger partial charge in [0, 0.05) is 24.7 Å². The van der Waals surface area contributed by atoms with Gasteiger partial charge in [-0.15, -0.1) is 12.4 Å². The van der Waals surface area contributed by atoms with Crippen LogP contribution in [-0.4, -0.2) is 23.0 Å². The number of fused-ring (bicyclic) bond motifs is 1. The molecule has 2 atom stereocenters. The second-order valence-electron chi connectivity index (χ2n) is 4.66. The normalized spacial score (nSPS) is 21.3. The number of nitrogens with zero attached hydrogens (tertiary/aromatic N) is 1. The highest BCUT2D eigenvalue weighted by Crippen LogP contribution is 2.36. The molecule has 2 unspecified atom stereocenters. The quantitative estimate of drug-likeness (QED) is 0.825. The molecule has 0 aromatic heterocycles. The molecule has 0 saturated heterocycles. The van der Waals surface area contributed by atoms with Crippen LogP contribution in [0.4, 0.5) is 5.69 Å². The van der Waals surface area contributed by atoms with Gasteiger partial charge in [0.1, 0.15) is 0 Å². The summed E-state index contributed by atoms with van der Waals surface area (Å²) in [5.74, 6) is -1.04. The lowest BCUT2D eigenvalue weighted by molar-refractivity contribution is -0.117. The number of halogens is 1. The van der Waals surface area contributed by atoms with Crippen LogP contribution in [0, 0.1) is 0 Å². The lowest BCUT2D eigenvalue weighted by Gasteiger charge is -2.37. The number of hydrogen-bond donors (Lipinski definition) is 2. The Labute approximate surface area is 117 Å². The van der Waals surface area contributed by atoms with Crippen molar-refractivity contribution >= 4 is 30.0 Å². The number of benzene rings is 1. The molecule has 6 heteroatoms. The largest absolute Gasteiger partial charge is 0.478 e. The predicted octanol–water partition coefficient (Wildman–Crippen LogP) is 1.95. The van der Waals surface area contributed by atoms with Gasteiger partial charge in [-0.3, -0.25) is 4.79 Å². The maximum atomic E-state index is 11.7. The van der Waals surface area contributed by atoms with Gasteiger partial charge in [0.25, 0.3) is 0 Å². The van der Waals surface area contributed by atoms with Crippen molar-refractivity contribution in [1.29, 1.82) is 0 Å². The van der Waals surface area contributed by atoms with E-state index in [-0.39, 0.29) is 36.0 Å². The smallest absolute Gasteiger partial charge is 0.335 e. The van der Waals surface area contributed by atoms with E-state index < -0.39 is 5.97 Å². The van der Waals surface area contributed by atoms with Gasteiger partial charge in [-0.2, -0.15) is 0 Å². The number of amides is 1. The lowest BCUT2D eigenvalue weighted by atomic mass is 9.91. The maximum Gasteiger partial charge on any atom is 0.335 e. The minimum absolute atomic E-state index is 0. The minimum Gasteiger partial charge on any atom is -0.478 e. The standard InChI is InChI=1S/C13H16N2O3.ClH/c1-7-5-11(14)10-6-9(13(17)18)3-4-12(10)15(7)8(2)16;/h3-4,6-7,11H,5,14H2,1-2H3,(H,17,18);1H. The second kappa shape index (κ2) is 5.59. The topological polar surface area (TPSA) is 83.6 Å². The summed E-state index contributed by atoms with van der Waals surface area (Å²) in [4.78, 5) is 24.3. The fourth-order valence-electron chi connectivity index (χ4n) is 2.52. The van der Waals surface area contributed by atoms with E-state index in [2.05, 4.69) is 0 Å². The van der Waals surface area contributed by atoms with Crippen molar-refractivity contribution in [1.82, 2.24) is 0 Å². The summed E-state index contributed by atoms with van der Waals surface area (Å²) in [6.45, 7) is 3.44.